The predicted octanol–water partition coefficient (Wildman–Crippen LogP) is 3.26. The van der Waals surface area contributed by atoms with Crippen LogP contribution in [0.3, 0.4) is 0 Å². The van der Waals surface area contributed by atoms with Gasteiger partial charge in [0.1, 0.15) is 5.75 Å². The number of anilines is 1. The molecule has 0 radical (unpaired) electrons. The van der Waals surface area contributed by atoms with E-state index in [0.29, 0.717) is 5.75 Å². The molecule has 98 valence electrons. The highest BCUT2D eigenvalue weighted by molar-refractivity contribution is 5.54. The van der Waals surface area contributed by atoms with Crippen molar-refractivity contribution in [2.24, 2.45) is 5.73 Å². The average molecular weight is 254 g/mol. The van der Waals surface area contributed by atoms with Crippen LogP contribution < -0.4 is 11.1 Å². The summed E-state index contributed by atoms with van der Waals surface area (Å²) in [6, 6.07) is 14.3. The van der Waals surface area contributed by atoms with Gasteiger partial charge in [0.15, 0.2) is 0 Å². The zero-order valence-electron chi connectivity index (χ0n) is 10.9. The smallest absolute Gasteiger partial charge is 0.120 e. The molecule has 0 heterocycles. The maximum atomic E-state index is 9.76. The number of aryl methyl sites for hydroxylation is 1. The van der Waals surface area contributed by atoms with Gasteiger partial charge in [0.05, 0.1) is 6.04 Å². The highest BCUT2D eigenvalue weighted by Crippen LogP contribution is 2.39. The van der Waals surface area contributed by atoms with Gasteiger partial charge in [0, 0.05) is 17.8 Å². The van der Waals surface area contributed by atoms with Gasteiger partial charge in [-0.25, -0.2) is 0 Å². The van der Waals surface area contributed by atoms with Crippen LogP contribution in [0.15, 0.2) is 42.5 Å². The maximum absolute atomic E-state index is 9.76. The molecule has 19 heavy (non-hydrogen) atoms. The van der Waals surface area contributed by atoms with Crippen molar-refractivity contribution in [1.82, 2.24) is 0 Å². The predicted molar refractivity (Wildman–Crippen MR) is 77.2 cm³/mol. The summed E-state index contributed by atoms with van der Waals surface area (Å²) >= 11 is 0. The molecule has 0 aliphatic heterocycles. The number of nitrogens with one attached hydrogen (secondary N) is 1. The Balaban J connectivity index is 1.87. The fourth-order valence-electron chi connectivity index (χ4n) is 2.71. The lowest BCUT2D eigenvalue weighted by Gasteiger charge is -2.16. The van der Waals surface area contributed by atoms with Crippen LogP contribution in [0.2, 0.25) is 0 Å². The van der Waals surface area contributed by atoms with Gasteiger partial charge < -0.3 is 16.2 Å². The molecule has 0 bridgehead atoms. The number of rotatable bonds is 2. The van der Waals surface area contributed by atoms with E-state index in [-0.39, 0.29) is 12.1 Å². The van der Waals surface area contributed by atoms with E-state index in [1.54, 1.807) is 6.07 Å². The summed E-state index contributed by atoms with van der Waals surface area (Å²) in [4.78, 5) is 0. The Morgan fingerprint density at radius 3 is 2.63 bits per heavy atom. The number of aromatic hydroxyl groups is 1. The van der Waals surface area contributed by atoms with Crippen LogP contribution in [0.5, 0.6) is 5.75 Å². The van der Waals surface area contributed by atoms with Gasteiger partial charge in [-0.1, -0.05) is 30.3 Å². The molecule has 0 aromatic heterocycles. The first-order chi connectivity index (χ1) is 9.15. The van der Waals surface area contributed by atoms with Crippen molar-refractivity contribution < 1.29 is 5.11 Å². The Hall–Kier alpha value is -2.00. The van der Waals surface area contributed by atoms with Gasteiger partial charge in [-0.15, -0.1) is 0 Å². The van der Waals surface area contributed by atoms with Gasteiger partial charge in [-0.05, 0) is 36.1 Å². The summed E-state index contributed by atoms with van der Waals surface area (Å²) in [5.74, 6) is 0.320. The van der Waals surface area contributed by atoms with Gasteiger partial charge >= 0.3 is 0 Å². The summed E-state index contributed by atoms with van der Waals surface area (Å²) in [5, 5.41) is 13.2. The van der Waals surface area contributed by atoms with Crippen LogP contribution >= 0.6 is 0 Å². The van der Waals surface area contributed by atoms with E-state index in [9.17, 15) is 5.11 Å². The molecular formula is C16H18N2O. The Morgan fingerprint density at radius 1 is 1.16 bits per heavy atom. The maximum Gasteiger partial charge on any atom is 0.120 e. The molecule has 1 aliphatic rings. The van der Waals surface area contributed by atoms with Crippen molar-refractivity contribution >= 4 is 5.69 Å². The molecule has 0 amide bonds. The molecule has 0 saturated carbocycles. The topological polar surface area (TPSA) is 58.3 Å². The molecule has 0 saturated heterocycles. The number of phenolic OH excluding ortho intramolecular Hbond substituents is 1. The molecular weight excluding hydrogens is 236 g/mol. The molecule has 2 unspecified atom stereocenters. The summed E-state index contributed by atoms with van der Waals surface area (Å²) in [5.41, 5.74) is 10.4. The normalized spacial score (nSPS) is 21.2. The van der Waals surface area contributed by atoms with E-state index >= 15 is 0 Å². The summed E-state index contributed by atoms with van der Waals surface area (Å²) in [7, 11) is 0. The summed E-state index contributed by atoms with van der Waals surface area (Å²) in [6.45, 7) is 1.89. The van der Waals surface area contributed by atoms with Crippen molar-refractivity contribution in [3.05, 3.63) is 59.2 Å². The second-order valence-electron chi connectivity index (χ2n) is 5.17. The molecule has 2 aromatic rings. The fourth-order valence-corrected chi connectivity index (χ4v) is 2.71. The molecule has 2 aromatic carbocycles. The number of phenols is 1. The SMILES string of the molecule is Cc1ccc(NC2CC(N)c3ccccc32)cc1O. The van der Waals surface area contributed by atoms with Gasteiger partial charge in [-0.2, -0.15) is 0 Å². The van der Waals surface area contributed by atoms with E-state index in [2.05, 4.69) is 17.4 Å². The first-order valence-corrected chi connectivity index (χ1v) is 6.55. The van der Waals surface area contributed by atoms with Crippen molar-refractivity contribution in [1.29, 1.82) is 0 Å². The molecule has 4 N–H and O–H groups in total. The first-order valence-electron chi connectivity index (χ1n) is 6.55. The average Bonchev–Trinajstić information content (AvgIpc) is 2.72. The van der Waals surface area contributed by atoms with E-state index in [1.807, 2.05) is 31.2 Å². The van der Waals surface area contributed by atoms with Crippen molar-refractivity contribution in [2.45, 2.75) is 25.4 Å². The third kappa shape index (κ3) is 2.17. The fraction of sp³-hybridized carbons (Fsp3) is 0.250. The van der Waals surface area contributed by atoms with Crippen LogP contribution in [0.4, 0.5) is 5.69 Å². The van der Waals surface area contributed by atoms with Crippen LogP contribution in [-0.2, 0) is 0 Å². The van der Waals surface area contributed by atoms with Crippen molar-refractivity contribution in [3.63, 3.8) is 0 Å². The van der Waals surface area contributed by atoms with Crippen molar-refractivity contribution in [3.8, 4) is 5.75 Å². The standard InChI is InChI=1S/C16H18N2O/c1-10-6-7-11(8-16(10)19)18-15-9-14(17)12-4-2-3-5-13(12)15/h2-8,14-15,18-19H,9,17H2,1H3. The molecule has 0 fully saturated rings. The minimum Gasteiger partial charge on any atom is -0.508 e. The number of fused-ring (bicyclic) bond motifs is 1. The molecule has 1 aliphatic carbocycles. The Morgan fingerprint density at radius 2 is 1.89 bits per heavy atom. The lowest BCUT2D eigenvalue weighted by atomic mass is 10.1. The zero-order chi connectivity index (χ0) is 13.4. The molecule has 2 atom stereocenters. The summed E-state index contributed by atoms with van der Waals surface area (Å²) in [6.07, 6.45) is 0.883. The third-order valence-corrected chi connectivity index (χ3v) is 3.81. The minimum absolute atomic E-state index is 0.0905. The monoisotopic (exact) mass is 254 g/mol. The molecule has 0 spiro atoms. The highest BCUT2D eigenvalue weighted by atomic mass is 16.3. The van der Waals surface area contributed by atoms with Gasteiger partial charge in [0.25, 0.3) is 0 Å². The highest BCUT2D eigenvalue weighted by Gasteiger charge is 2.27. The molecule has 3 rings (SSSR count). The second-order valence-corrected chi connectivity index (χ2v) is 5.17. The molecule has 3 heteroatoms. The zero-order valence-corrected chi connectivity index (χ0v) is 10.9. The quantitative estimate of drug-likeness (QED) is 0.771. The summed E-state index contributed by atoms with van der Waals surface area (Å²) < 4.78 is 0. The number of hydrogen-bond donors (Lipinski definition) is 3. The molecule has 3 nitrogen and oxygen atoms in total. The van der Waals surface area contributed by atoms with Crippen LogP contribution in [0, 0.1) is 6.92 Å². The van der Waals surface area contributed by atoms with E-state index in [0.717, 1.165) is 17.7 Å². The van der Waals surface area contributed by atoms with Crippen molar-refractivity contribution in [2.75, 3.05) is 5.32 Å². The number of nitrogens with two attached hydrogens (primary N) is 1. The lowest BCUT2D eigenvalue weighted by Crippen LogP contribution is -2.09. The van der Waals surface area contributed by atoms with Gasteiger partial charge in [-0.3, -0.25) is 0 Å². The number of benzene rings is 2. The van der Waals surface area contributed by atoms with Gasteiger partial charge in [0.2, 0.25) is 0 Å². The Labute approximate surface area is 113 Å². The van der Waals surface area contributed by atoms with Crippen LogP contribution in [-0.4, -0.2) is 5.11 Å². The van der Waals surface area contributed by atoms with E-state index < -0.39 is 0 Å². The Bertz CT molecular complexity index is 609. The largest absolute Gasteiger partial charge is 0.508 e. The minimum atomic E-state index is 0.0905. The first kappa shape index (κ1) is 12.1. The van der Waals surface area contributed by atoms with Crippen LogP contribution in [0.25, 0.3) is 0 Å². The van der Waals surface area contributed by atoms with Crippen LogP contribution in [0.1, 0.15) is 35.2 Å². The lowest BCUT2D eigenvalue weighted by molar-refractivity contribution is 0.471. The number of hydrogen-bond acceptors (Lipinski definition) is 3. The Kier molecular flexibility index (Phi) is 2.91. The van der Waals surface area contributed by atoms with E-state index in [1.165, 1.54) is 11.1 Å². The second kappa shape index (κ2) is 4.59. The third-order valence-electron chi connectivity index (χ3n) is 3.81. The van der Waals surface area contributed by atoms with E-state index in [4.69, 9.17) is 5.73 Å².